The van der Waals surface area contributed by atoms with Gasteiger partial charge in [-0.3, -0.25) is 4.90 Å². The molecule has 2 atom stereocenters. The molecule has 17 heavy (non-hydrogen) atoms. The molecule has 1 fully saturated rings. The number of hydrogen-bond donors (Lipinski definition) is 1. The number of rotatable bonds is 9. The van der Waals surface area contributed by atoms with Crippen LogP contribution in [0.1, 0.15) is 53.9 Å². The van der Waals surface area contributed by atoms with Crippen LogP contribution in [-0.4, -0.2) is 36.6 Å². The molecule has 0 bridgehead atoms. The van der Waals surface area contributed by atoms with Gasteiger partial charge in [-0.25, -0.2) is 0 Å². The highest BCUT2D eigenvalue weighted by Crippen LogP contribution is 2.30. The van der Waals surface area contributed by atoms with Gasteiger partial charge in [0.1, 0.15) is 0 Å². The highest BCUT2D eigenvalue weighted by molar-refractivity contribution is 4.83. The van der Waals surface area contributed by atoms with Crippen molar-refractivity contribution in [3.05, 3.63) is 0 Å². The minimum absolute atomic E-state index is 0.658. The van der Waals surface area contributed by atoms with Gasteiger partial charge in [-0.1, -0.05) is 27.2 Å². The van der Waals surface area contributed by atoms with Gasteiger partial charge in [0.05, 0.1) is 0 Å². The van der Waals surface area contributed by atoms with E-state index in [2.05, 4.69) is 44.8 Å². The molecule has 0 aromatic carbocycles. The highest BCUT2D eigenvalue weighted by atomic mass is 15.2. The topological polar surface area (TPSA) is 15.3 Å². The van der Waals surface area contributed by atoms with E-state index in [9.17, 15) is 0 Å². The van der Waals surface area contributed by atoms with Crippen LogP contribution >= 0.6 is 0 Å². The first-order valence-corrected chi connectivity index (χ1v) is 7.55. The Bertz CT molecular complexity index is 199. The van der Waals surface area contributed by atoms with Crippen molar-refractivity contribution in [3.8, 4) is 0 Å². The molecule has 1 N–H and O–H groups in total. The monoisotopic (exact) mass is 240 g/mol. The van der Waals surface area contributed by atoms with Crippen molar-refractivity contribution in [1.82, 2.24) is 10.2 Å². The third-order valence-electron chi connectivity index (χ3n) is 4.15. The molecule has 102 valence electrons. The normalized spacial score (nSPS) is 19.9. The van der Waals surface area contributed by atoms with E-state index in [4.69, 9.17) is 0 Å². The summed E-state index contributed by atoms with van der Waals surface area (Å²) in [5.41, 5.74) is 0. The molecule has 0 spiro atoms. The summed E-state index contributed by atoms with van der Waals surface area (Å²) in [7, 11) is 0. The van der Waals surface area contributed by atoms with Crippen LogP contribution in [0.2, 0.25) is 0 Å². The van der Waals surface area contributed by atoms with Crippen molar-refractivity contribution in [3.63, 3.8) is 0 Å². The lowest BCUT2D eigenvalue weighted by Gasteiger charge is -2.33. The molecule has 0 amide bonds. The molecule has 2 heteroatoms. The first kappa shape index (κ1) is 15.0. The fraction of sp³-hybridized carbons (Fsp3) is 1.00. The van der Waals surface area contributed by atoms with Crippen LogP contribution in [0, 0.1) is 11.8 Å². The fourth-order valence-corrected chi connectivity index (χ4v) is 2.37. The zero-order valence-electron chi connectivity index (χ0n) is 12.5. The van der Waals surface area contributed by atoms with E-state index in [1.807, 2.05) is 0 Å². The molecule has 2 unspecified atom stereocenters. The zero-order valence-corrected chi connectivity index (χ0v) is 12.5. The quantitative estimate of drug-likeness (QED) is 0.666. The van der Waals surface area contributed by atoms with Crippen molar-refractivity contribution in [1.29, 1.82) is 0 Å². The summed E-state index contributed by atoms with van der Waals surface area (Å²) in [5.74, 6) is 1.77. The van der Waals surface area contributed by atoms with Gasteiger partial charge in [0.15, 0.2) is 0 Å². The van der Waals surface area contributed by atoms with Gasteiger partial charge >= 0.3 is 0 Å². The van der Waals surface area contributed by atoms with Crippen molar-refractivity contribution < 1.29 is 0 Å². The Hall–Kier alpha value is -0.0800. The molecule has 0 radical (unpaired) electrons. The second-order valence-corrected chi connectivity index (χ2v) is 6.04. The first-order chi connectivity index (χ1) is 8.08. The Balaban J connectivity index is 2.47. The van der Waals surface area contributed by atoms with Crippen LogP contribution in [0.4, 0.5) is 0 Å². The van der Waals surface area contributed by atoms with E-state index in [1.165, 1.54) is 32.4 Å². The Morgan fingerprint density at radius 2 is 1.82 bits per heavy atom. The van der Waals surface area contributed by atoms with E-state index in [-0.39, 0.29) is 0 Å². The molecule has 2 nitrogen and oxygen atoms in total. The average molecular weight is 240 g/mol. The Labute approximate surface area is 108 Å². The molecule has 1 aliphatic rings. The summed E-state index contributed by atoms with van der Waals surface area (Å²) in [6.45, 7) is 15.2. The second-order valence-electron chi connectivity index (χ2n) is 6.04. The number of likely N-dealkylation sites (N-methyl/N-ethyl adjacent to an activating group) is 1. The van der Waals surface area contributed by atoms with Crippen LogP contribution < -0.4 is 5.32 Å². The molecule has 0 aliphatic heterocycles. The predicted octanol–water partition coefficient (Wildman–Crippen LogP) is 3.13. The minimum atomic E-state index is 0.658. The van der Waals surface area contributed by atoms with E-state index < -0.39 is 0 Å². The van der Waals surface area contributed by atoms with E-state index in [0.29, 0.717) is 12.1 Å². The minimum Gasteiger partial charge on any atom is -0.313 e. The van der Waals surface area contributed by atoms with Crippen LogP contribution in [-0.2, 0) is 0 Å². The molecular weight excluding hydrogens is 208 g/mol. The SMILES string of the molecule is CCNC(CN(CC1CC1)C(C)C)C(C)CC. The smallest absolute Gasteiger partial charge is 0.0220 e. The van der Waals surface area contributed by atoms with Crippen molar-refractivity contribution in [2.24, 2.45) is 11.8 Å². The molecule has 0 aromatic rings. The lowest BCUT2D eigenvalue weighted by molar-refractivity contribution is 0.169. The van der Waals surface area contributed by atoms with Gasteiger partial charge in [-0.15, -0.1) is 0 Å². The van der Waals surface area contributed by atoms with E-state index in [1.54, 1.807) is 0 Å². The van der Waals surface area contributed by atoms with Crippen molar-refractivity contribution in [2.75, 3.05) is 19.6 Å². The molecule has 0 aromatic heterocycles. The molecule has 1 aliphatic carbocycles. The zero-order chi connectivity index (χ0) is 12.8. The van der Waals surface area contributed by atoms with Crippen LogP contribution in [0.3, 0.4) is 0 Å². The van der Waals surface area contributed by atoms with Crippen molar-refractivity contribution in [2.45, 2.75) is 66.0 Å². The summed E-state index contributed by atoms with van der Waals surface area (Å²) in [6.07, 6.45) is 4.18. The molecule has 0 saturated heterocycles. The van der Waals surface area contributed by atoms with E-state index in [0.717, 1.165) is 18.4 Å². The predicted molar refractivity (Wildman–Crippen MR) is 76.4 cm³/mol. The maximum atomic E-state index is 3.67. The third-order valence-corrected chi connectivity index (χ3v) is 4.15. The van der Waals surface area contributed by atoms with Gasteiger partial charge in [0.25, 0.3) is 0 Å². The second kappa shape index (κ2) is 7.38. The number of nitrogens with one attached hydrogen (secondary N) is 1. The molecular formula is C15H32N2. The third kappa shape index (κ3) is 5.39. The summed E-state index contributed by atoms with van der Waals surface area (Å²) < 4.78 is 0. The molecule has 1 rings (SSSR count). The maximum absolute atomic E-state index is 3.67. The maximum Gasteiger partial charge on any atom is 0.0220 e. The van der Waals surface area contributed by atoms with Gasteiger partial charge in [0, 0.05) is 25.2 Å². The highest BCUT2D eigenvalue weighted by Gasteiger charge is 2.27. The van der Waals surface area contributed by atoms with Crippen molar-refractivity contribution >= 4 is 0 Å². The molecule has 1 saturated carbocycles. The summed E-state index contributed by atoms with van der Waals surface area (Å²) in [4.78, 5) is 2.68. The largest absolute Gasteiger partial charge is 0.313 e. The average Bonchev–Trinajstić information content (AvgIpc) is 3.09. The Kier molecular flexibility index (Phi) is 6.50. The van der Waals surface area contributed by atoms with Crippen LogP contribution in [0.15, 0.2) is 0 Å². The Morgan fingerprint density at radius 1 is 1.18 bits per heavy atom. The van der Waals surface area contributed by atoms with Crippen LogP contribution in [0.25, 0.3) is 0 Å². The lowest BCUT2D eigenvalue weighted by Crippen LogP contribution is -2.47. The van der Waals surface area contributed by atoms with E-state index >= 15 is 0 Å². The lowest BCUT2D eigenvalue weighted by atomic mass is 9.98. The standard InChI is InChI=1S/C15H32N2/c1-6-13(5)15(16-7-2)11-17(12(3)4)10-14-8-9-14/h12-16H,6-11H2,1-5H3. The number of nitrogens with zero attached hydrogens (tertiary/aromatic N) is 1. The number of hydrogen-bond acceptors (Lipinski definition) is 2. The molecule has 0 heterocycles. The first-order valence-electron chi connectivity index (χ1n) is 7.55. The van der Waals surface area contributed by atoms with Crippen LogP contribution in [0.5, 0.6) is 0 Å². The summed E-state index contributed by atoms with van der Waals surface area (Å²) in [5, 5.41) is 3.67. The van der Waals surface area contributed by atoms with Gasteiger partial charge in [0.2, 0.25) is 0 Å². The summed E-state index contributed by atoms with van der Waals surface area (Å²) >= 11 is 0. The fourth-order valence-electron chi connectivity index (χ4n) is 2.37. The summed E-state index contributed by atoms with van der Waals surface area (Å²) in [6, 6.07) is 1.34. The van der Waals surface area contributed by atoms with Gasteiger partial charge < -0.3 is 5.32 Å². The van der Waals surface area contributed by atoms with Gasteiger partial charge in [-0.2, -0.15) is 0 Å². The van der Waals surface area contributed by atoms with Gasteiger partial charge in [-0.05, 0) is 45.1 Å². The Morgan fingerprint density at radius 3 is 2.24 bits per heavy atom.